The van der Waals surface area contributed by atoms with Gasteiger partial charge >= 0.3 is 5.97 Å². The van der Waals surface area contributed by atoms with Crippen LogP contribution in [0.25, 0.3) is 11.4 Å². The first-order chi connectivity index (χ1) is 14.4. The van der Waals surface area contributed by atoms with Gasteiger partial charge < -0.3 is 19.9 Å². The minimum absolute atomic E-state index is 0.0731. The van der Waals surface area contributed by atoms with Gasteiger partial charge in [-0.1, -0.05) is 6.07 Å². The fourth-order valence-electron chi connectivity index (χ4n) is 2.92. The summed E-state index contributed by atoms with van der Waals surface area (Å²) in [6.07, 6.45) is 0. The zero-order chi connectivity index (χ0) is 21.8. The van der Waals surface area contributed by atoms with Crippen molar-refractivity contribution in [2.24, 2.45) is 0 Å². The van der Waals surface area contributed by atoms with E-state index >= 15 is 0 Å². The van der Waals surface area contributed by atoms with E-state index in [4.69, 9.17) is 19.9 Å². The molecule has 0 bridgehead atoms. The summed E-state index contributed by atoms with van der Waals surface area (Å²) < 4.78 is 15.6. The number of carbonyl (C=O) groups excluding carboxylic acids is 1. The van der Waals surface area contributed by atoms with Crippen LogP contribution in [-0.2, 0) is 4.74 Å². The smallest absolute Gasteiger partial charge is 0.338 e. The largest absolute Gasteiger partial charge is 0.497 e. The van der Waals surface area contributed by atoms with Crippen molar-refractivity contribution in [2.75, 3.05) is 27.1 Å². The number of anilines is 1. The summed E-state index contributed by atoms with van der Waals surface area (Å²) in [6.45, 7) is 3.77. The highest BCUT2D eigenvalue weighted by Gasteiger charge is 2.17. The van der Waals surface area contributed by atoms with Crippen LogP contribution in [-0.4, -0.2) is 42.3 Å². The molecule has 8 nitrogen and oxygen atoms in total. The van der Waals surface area contributed by atoms with Crippen LogP contribution >= 0.6 is 11.8 Å². The van der Waals surface area contributed by atoms with Crippen LogP contribution in [0.4, 0.5) is 5.95 Å². The molecule has 0 amide bonds. The lowest BCUT2D eigenvalue weighted by Gasteiger charge is -2.12. The molecule has 0 radical (unpaired) electrons. The number of ether oxygens (including phenoxy) is 3. The number of hydrogen-bond donors (Lipinski definition) is 1. The van der Waals surface area contributed by atoms with E-state index in [1.165, 1.54) is 18.9 Å². The fourth-order valence-corrected chi connectivity index (χ4v) is 3.82. The molecule has 2 aromatic carbocycles. The van der Waals surface area contributed by atoms with E-state index in [0.29, 0.717) is 33.6 Å². The molecule has 0 saturated heterocycles. The fraction of sp³-hybridized carbons (Fsp3) is 0.238. The SMILES string of the molecule is COC(=O)c1cc(-c2nc(N)nc(Sc3cc(OC)ccc3OC)n2)c(C)cc1C. The molecule has 2 N–H and O–H groups in total. The molecule has 0 fully saturated rings. The van der Waals surface area contributed by atoms with Gasteiger partial charge in [-0.3, -0.25) is 0 Å². The maximum absolute atomic E-state index is 12.1. The van der Waals surface area contributed by atoms with Gasteiger partial charge in [-0.2, -0.15) is 9.97 Å². The molecule has 0 aliphatic heterocycles. The second kappa shape index (κ2) is 9.00. The van der Waals surface area contributed by atoms with Gasteiger partial charge in [-0.05, 0) is 61.0 Å². The van der Waals surface area contributed by atoms with Crippen molar-refractivity contribution in [3.63, 3.8) is 0 Å². The van der Waals surface area contributed by atoms with Gasteiger partial charge in [0.25, 0.3) is 0 Å². The summed E-state index contributed by atoms with van der Waals surface area (Å²) in [7, 11) is 4.52. The van der Waals surface area contributed by atoms with Crippen molar-refractivity contribution in [1.29, 1.82) is 0 Å². The normalized spacial score (nSPS) is 10.6. The molecule has 1 heterocycles. The molecule has 0 aliphatic rings. The number of nitrogens with zero attached hydrogens (tertiary/aromatic N) is 3. The van der Waals surface area contributed by atoms with Gasteiger partial charge in [0.05, 0.1) is 31.8 Å². The van der Waals surface area contributed by atoms with Crippen LogP contribution in [0.2, 0.25) is 0 Å². The van der Waals surface area contributed by atoms with Gasteiger partial charge in [0, 0.05) is 5.56 Å². The highest BCUT2D eigenvalue weighted by molar-refractivity contribution is 7.99. The van der Waals surface area contributed by atoms with Gasteiger partial charge in [-0.25, -0.2) is 9.78 Å². The lowest BCUT2D eigenvalue weighted by atomic mass is 9.99. The molecule has 3 rings (SSSR count). The van der Waals surface area contributed by atoms with E-state index in [-0.39, 0.29) is 5.95 Å². The average Bonchev–Trinajstić information content (AvgIpc) is 2.72. The molecular formula is C21H22N4O4S. The summed E-state index contributed by atoms with van der Waals surface area (Å²) in [6, 6.07) is 9.04. The number of nitrogen functional groups attached to an aromatic ring is 1. The molecule has 156 valence electrons. The Bertz CT molecular complexity index is 1100. The zero-order valence-electron chi connectivity index (χ0n) is 17.3. The van der Waals surface area contributed by atoms with Crippen LogP contribution in [0.1, 0.15) is 21.5 Å². The van der Waals surface area contributed by atoms with Crippen molar-refractivity contribution in [2.45, 2.75) is 23.9 Å². The predicted octanol–water partition coefficient (Wildman–Crippen LogP) is 3.69. The van der Waals surface area contributed by atoms with Crippen molar-refractivity contribution in [3.05, 3.63) is 47.0 Å². The number of aryl methyl sites for hydroxylation is 2. The first kappa shape index (κ1) is 21.4. The summed E-state index contributed by atoms with van der Waals surface area (Å²) in [5.74, 6) is 1.35. The van der Waals surface area contributed by atoms with Crippen molar-refractivity contribution < 1.29 is 19.0 Å². The summed E-state index contributed by atoms with van der Waals surface area (Å²) >= 11 is 1.28. The van der Waals surface area contributed by atoms with Crippen LogP contribution in [0.5, 0.6) is 11.5 Å². The average molecular weight is 426 g/mol. The highest BCUT2D eigenvalue weighted by atomic mass is 32.2. The number of benzene rings is 2. The Labute approximate surface area is 178 Å². The minimum atomic E-state index is -0.425. The first-order valence-electron chi connectivity index (χ1n) is 8.97. The number of hydrogen-bond acceptors (Lipinski definition) is 9. The molecule has 0 aliphatic carbocycles. The topological polar surface area (TPSA) is 109 Å². The van der Waals surface area contributed by atoms with Crippen LogP contribution in [0.3, 0.4) is 0 Å². The maximum atomic E-state index is 12.1. The van der Waals surface area contributed by atoms with Crippen molar-refractivity contribution in [1.82, 2.24) is 15.0 Å². The van der Waals surface area contributed by atoms with Crippen LogP contribution in [0.15, 0.2) is 40.4 Å². The predicted molar refractivity (Wildman–Crippen MR) is 114 cm³/mol. The van der Waals surface area contributed by atoms with Crippen molar-refractivity contribution >= 4 is 23.7 Å². The molecule has 1 aromatic heterocycles. The zero-order valence-corrected chi connectivity index (χ0v) is 18.2. The van der Waals surface area contributed by atoms with Gasteiger partial charge in [0.15, 0.2) is 11.0 Å². The molecule has 30 heavy (non-hydrogen) atoms. The van der Waals surface area contributed by atoms with Gasteiger partial charge in [0.1, 0.15) is 11.5 Å². The third kappa shape index (κ3) is 4.46. The number of esters is 1. The molecule has 3 aromatic rings. The van der Waals surface area contributed by atoms with E-state index in [1.807, 2.05) is 26.0 Å². The third-order valence-electron chi connectivity index (χ3n) is 4.42. The van der Waals surface area contributed by atoms with E-state index in [1.54, 1.807) is 32.4 Å². The second-order valence-electron chi connectivity index (χ2n) is 6.39. The monoisotopic (exact) mass is 426 g/mol. The van der Waals surface area contributed by atoms with Gasteiger partial charge in [-0.15, -0.1) is 0 Å². The highest BCUT2D eigenvalue weighted by Crippen LogP contribution is 2.37. The Hall–Kier alpha value is -3.33. The summed E-state index contributed by atoms with van der Waals surface area (Å²) in [5.41, 5.74) is 8.79. The standard InChI is InChI=1S/C21H22N4O4S/c1-11-8-12(2)15(19(26)29-5)10-14(11)18-23-20(22)25-21(24-18)30-17-9-13(27-3)6-7-16(17)28-4/h6-10H,1-5H3,(H2,22,23,24,25). The first-order valence-corrected chi connectivity index (χ1v) is 9.79. The minimum Gasteiger partial charge on any atom is -0.497 e. The summed E-state index contributed by atoms with van der Waals surface area (Å²) in [5, 5.41) is 0.392. The number of nitrogens with two attached hydrogens (primary N) is 1. The van der Waals surface area contributed by atoms with E-state index < -0.39 is 5.97 Å². The molecule has 0 atom stereocenters. The van der Waals surface area contributed by atoms with E-state index in [2.05, 4.69) is 15.0 Å². The Kier molecular flexibility index (Phi) is 6.41. The Balaban J connectivity index is 2.06. The Morgan fingerprint density at radius 3 is 2.40 bits per heavy atom. The van der Waals surface area contributed by atoms with Crippen LogP contribution < -0.4 is 15.2 Å². The molecular weight excluding hydrogens is 404 g/mol. The Morgan fingerprint density at radius 2 is 1.73 bits per heavy atom. The number of aromatic nitrogens is 3. The molecule has 0 spiro atoms. The van der Waals surface area contributed by atoms with E-state index in [9.17, 15) is 4.79 Å². The van der Waals surface area contributed by atoms with Crippen molar-refractivity contribution in [3.8, 4) is 22.9 Å². The van der Waals surface area contributed by atoms with Gasteiger partial charge in [0.2, 0.25) is 5.95 Å². The quantitative estimate of drug-likeness (QED) is 0.590. The third-order valence-corrected chi connectivity index (χ3v) is 5.33. The molecule has 0 saturated carbocycles. The lowest BCUT2D eigenvalue weighted by Crippen LogP contribution is -2.07. The lowest BCUT2D eigenvalue weighted by molar-refractivity contribution is 0.0600. The van der Waals surface area contributed by atoms with Crippen LogP contribution in [0, 0.1) is 13.8 Å². The molecule has 0 unspecified atom stereocenters. The molecule has 9 heteroatoms. The maximum Gasteiger partial charge on any atom is 0.338 e. The number of methoxy groups -OCH3 is 3. The number of carbonyl (C=O) groups is 1. The van der Waals surface area contributed by atoms with E-state index in [0.717, 1.165) is 16.0 Å². The summed E-state index contributed by atoms with van der Waals surface area (Å²) in [4.78, 5) is 25.9. The second-order valence-corrected chi connectivity index (χ2v) is 7.40. The number of rotatable bonds is 6. The Morgan fingerprint density at radius 1 is 0.967 bits per heavy atom.